The van der Waals surface area contributed by atoms with Crippen molar-refractivity contribution < 1.29 is 19.1 Å². The standard InChI is InChI=1S/C24H28N4O4/c1-7-17-12-9-10-13-18(17)20-19(21(29)31-8-2)16(3)26-22(27-15-11-14-25-27)28(20)23(30)32-24(4,5)6/h7,9-15,20H,1,8H2,2-6H3. The van der Waals surface area contributed by atoms with E-state index in [1.165, 1.54) is 9.58 Å². The van der Waals surface area contributed by atoms with Crippen molar-refractivity contribution in [3.63, 3.8) is 0 Å². The summed E-state index contributed by atoms with van der Waals surface area (Å²) in [7, 11) is 0. The Morgan fingerprint density at radius 3 is 2.53 bits per heavy atom. The summed E-state index contributed by atoms with van der Waals surface area (Å²) in [4.78, 5) is 32.5. The number of hydrogen-bond acceptors (Lipinski definition) is 6. The van der Waals surface area contributed by atoms with Gasteiger partial charge in [0.25, 0.3) is 0 Å². The average Bonchev–Trinajstić information content (AvgIpc) is 3.26. The van der Waals surface area contributed by atoms with Gasteiger partial charge in [-0.2, -0.15) is 5.10 Å². The first-order chi connectivity index (χ1) is 15.2. The van der Waals surface area contributed by atoms with Crippen LogP contribution in [0.3, 0.4) is 0 Å². The Balaban J connectivity index is 2.30. The number of benzene rings is 1. The summed E-state index contributed by atoms with van der Waals surface area (Å²) < 4.78 is 12.5. The molecule has 1 aliphatic rings. The van der Waals surface area contributed by atoms with Crippen LogP contribution in [-0.4, -0.2) is 44.9 Å². The first kappa shape index (κ1) is 23.0. The fraction of sp³-hybridized carbons (Fsp3) is 0.333. The Bertz CT molecular complexity index is 1080. The van der Waals surface area contributed by atoms with Crippen molar-refractivity contribution in [3.8, 4) is 0 Å². The molecule has 1 atom stereocenters. The zero-order valence-corrected chi connectivity index (χ0v) is 19.0. The number of esters is 1. The zero-order chi connectivity index (χ0) is 23.5. The molecule has 8 nitrogen and oxygen atoms in total. The quantitative estimate of drug-likeness (QED) is 0.656. The van der Waals surface area contributed by atoms with Crippen LogP contribution in [0, 0.1) is 0 Å². The van der Waals surface area contributed by atoms with Gasteiger partial charge in [0.1, 0.15) is 11.6 Å². The lowest BCUT2D eigenvalue weighted by atomic mass is 9.91. The molecular formula is C24H28N4O4. The molecule has 1 amide bonds. The van der Waals surface area contributed by atoms with E-state index in [-0.39, 0.29) is 18.1 Å². The summed E-state index contributed by atoms with van der Waals surface area (Å²) in [6.07, 6.45) is 4.28. The van der Waals surface area contributed by atoms with Gasteiger partial charge in [-0.1, -0.05) is 36.9 Å². The first-order valence-electron chi connectivity index (χ1n) is 10.4. The smallest absolute Gasteiger partial charge is 0.418 e. The van der Waals surface area contributed by atoms with E-state index in [0.717, 1.165) is 5.56 Å². The number of rotatable bonds is 4. The Hall–Kier alpha value is -3.68. The summed E-state index contributed by atoms with van der Waals surface area (Å²) in [6.45, 7) is 12.9. The Morgan fingerprint density at radius 1 is 1.22 bits per heavy atom. The number of hydrogen-bond donors (Lipinski definition) is 0. The predicted molar refractivity (Wildman–Crippen MR) is 122 cm³/mol. The van der Waals surface area contributed by atoms with Gasteiger partial charge in [0, 0.05) is 12.4 Å². The van der Waals surface area contributed by atoms with Crippen LogP contribution in [0.1, 0.15) is 51.8 Å². The molecule has 0 bridgehead atoms. The number of ether oxygens (including phenoxy) is 2. The first-order valence-corrected chi connectivity index (χ1v) is 10.4. The molecule has 2 aromatic rings. The van der Waals surface area contributed by atoms with Crippen LogP contribution in [0.5, 0.6) is 0 Å². The molecule has 3 rings (SSSR count). The Labute approximate surface area is 187 Å². The molecule has 2 heterocycles. The molecule has 1 unspecified atom stereocenters. The van der Waals surface area contributed by atoms with E-state index in [2.05, 4.69) is 16.7 Å². The number of nitrogens with zero attached hydrogens (tertiary/aromatic N) is 4. The third-order valence-corrected chi connectivity index (χ3v) is 4.71. The highest BCUT2D eigenvalue weighted by atomic mass is 16.6. The molecule has 0 aliphatic carbocycles. The Kier molecular flexibility index (Phi) is 6.62. The van der Waals surface area contributed by atoms with Gasteiger partial charge < -0.3 is 9.47 Å². The summed E-state index contributed by atoms with van der Waals surface area (Å²) in [5.41, 5.74) is 1.37. The van der Waals surface area contributed by atoms with Crippen LogP contribution in [0.25, 0.3) is 6.08 Å². The van der Waals surface area contributed by atoms with Crippen LogP contribution >= 0.6 is 0 Å². The van der Waals surface area contributed by atoms with Crippen LogP contribution in [0.2, 0.25) is 0 Å². The van der Waals surface area contributed by atoms with Gasteiger partial charge >= 0.3 is 12.1 Å². The SMILES string of the molecule is C=Cc1ccccc1C1C(C(=O)OCC)=C(C)N=C(n2cccn2)N1C(=O)OC(C)(C)C. The van der Waals surface area contributed by atoms with Crippen LogP contribution < -0.4 is 0 Å². The van der Waals surface area contributed by atoms with Crippen molar-refractivity contribution in [3.05, 3.63) is 71.7 Å². The number of aromatic nitrogens is 2. The van der Waals surface area contributed by atoms with E-state index in [1.807, 2.05) is 24.3 Å². The molecule has 1 aromatic carbocycles. The van der Waals surface area contributed by atoms with Crippen molar-refractivity contribution in [2.75, 3.05) is 6.61 Å². The second-order valence-corrected chi connectivity index (χ2v) is 8.17. The van der Waals surface area contributed by atoms with Gasteiger partial charge in [0.2, 0.25) is 5.96 Å². The maximum Gasteiger partial charge on any atom is 0.418 e. The molecule has 0 saturated carbocycles. The topological polar surface area (TPSA) is 86.0 Å². The zero-order valence-electron chi connectivity index (χ0n) is 19.0. The lowest BCUT2D eigenvalue weighted by Crippen LogP contribution is -2.49. The highest BCUT2D eigenvalue weighted by Crippen LogP contribution is 2.38. The molecule has 0 spiro atoms. The van der Waals surface area contributed by atoms with Crippen molar-refractivity contribution in [1.82, 2.24) is 14.7 Å². The summed E-state index contributed by atoms with van der Waals surface area (Å²) >= 11 is 0. The molecular weight excluding hydrogens is 408 g/mol. The van der Waals surface area contributed by atoms with E-state index >= 15 is 0 Å². The number of allylic oxidation sites excluding steroid dienone is 1. The van der Waals surface area contributed by atoms with Crippen molar-refractivity contribution in [2.45, 2.75) is 46.3 Å². The molecule has 8 heteroatoms. The van der Waals surface area contributed by atoms with Gasteiger partial charge in [-0.05, 0) is 51.8 Å². The minimum absolute atomic E-state index is 0.188. The number of aliphatic imine (C=N–C) groups is 1. The Morgan fingerprint density at radius 2 is 1.94 bits per heavy atom. The maximum absolute atomic E-state index is 13.5. The fourth-order valence-electron chi connectivity index (χ4n) is 3.46. The lowest BCUT2D eigenvalue weighted by molar-refractivity contribution is -0.139. The highest BCUT2D eigenvalue weighted by molar-refractivity contribution is 6.02. The normalized spacial score (nSPS) is 16.5. The summed E-state index contributed by atoms with van der Waals surface area (Å²) in [5.74, 6) is -0.329. The lowest BCUT2D eigenvalue weighted by Gasteiger charge is -2.37. The molecule has 0 fully saturated rings. The summed E-state index contributed by atoms with van der Waals surface area (Å²) in [5, 5.41) is 4.26. The minimum Gasteiger partial charge on any atom is -0.463 e. The van der Waals surface area contributed by atoms with E-state index in [4.69, 9.17) is 9.47 Å². The second-order valence-electron chi connectivity index (χ2n) is 8.17. The third kappa shape index (κ3) is 4.64. The van der Waals surface area contributed by atoms with Crippen molar-refractivity contribution in [1.29, 1.82) is 0 Å². The number of carbonyl (C=O) groups excluding carboxylic acids is 2. The number of amides is 1. The van der Waals surface area contributed by atoms with Crippen molar-refractivity contribution in [2.24, 2.45) is 4.99 Å². The van der Waals surface area contributed by atoms with Gasteiger partial charge in [0.05, 0.1) is 17.9 Å². The third-order valence-electron chi connectivity index (χ3n) is 4.71. The van der Waals surface area contributed by atoms with Crippen molar-refractivity contribution >= 4 is 24.1 Å². The molecule has 32 heavy (non-hydrogen) atoms. The van der Waals surface area contributed by atoms with Crippen LogP contribution in [0.4, 0.5) is 4.79 Å². The largest absolute Gasteiger partial charge is 0.463 e. The van der Waals surface area contributed by atoms with Crippen LogP contribution in [0.15, 0.2) is 65.6 Å². The van der Waals surface area contributed by atoms with Crippen LogP contribution in [-0.2, 0) is 14.3 Å². The monoisotopic (exact) mass is 436 g/mol. The van der Waals surface area contributed by atoms with E-state index in [1.54, 1.807) is 59.2 Å². The number of carbonyl (C=O) groups is 2. The van der Waals surface area contributed by atoms with Gasteiger partial charge in [-0.25, -0.2) is 24.2 Å². The average molecular weight is 437 g/mol. The molecule has 1 aromatic heterocycles. The maximum atomic E-state index is 13.5. The van der Waals surface area contributed by atoms with E-state index in [9.17, 15) is 9.59 Å². The molecule has 0 N–H and O–H groups in total. The molecule has 1 aliphatic heterocycles. The minimum atomic E-state index is -0.852. The second kappa shape index (κ2) is 9.21. The molecule has 168 valence electrons. The highest BCUT2D eigenvalue weighted by Gasteiger charge is 2.43. The summed E-state index contributed by atoms with van der Waals surface area (Å²) in [6, 6.07) is 8.29. The molecule has 0 radical (unpaired) electrons. The molecule has 0 saturated heterocycles. The van der Waals surface area contributed by atoms with E-state index in [0.29, 0.717) is 11.3 Å². The predicted octanol–water partition coefficient (Wildman–Crippen LogP) is 4.56. The van der Waals surface area contributed by atoms with E-state index < -0.39 is 23.7 Å². The fourth-order valence-corrected chi connectivity index (χ4v) is 3.46. The van der Waals surface area contributed by atoms with Gasteiger partial charge in [-0.3, -0.25) is 0 Å². The van der Waals surface area contributed by atoms with Gasteiger partial charge in [-0.15, -0.1) is 0 Å². The van der Waals surface area contributed by atoms with Gasteiger partial charge in [0.15, 0.2) is 0 Å².